The molecule has 0 radical (unpaired) electrons. The molecule has 1 aromatic carbocycles. The second-order valence-electron chi connectivity index (χ2n) is 5.26. The van der Waals surface area contributed by atoms with Crippen molar-refractivity contribution in [3.8, 4) is 11.5 Å². The van der Waals surface area contributed by atoms with Crippen LogP contribution in [0.2, 0.25) is 0 Å². The van der Waals surface area contributed by atoms with Crippen molar-refractivity contribution in [1.29, 1.82) is 0 Å². The molecule has 1 aliphatic rings. The summed E-state index contributed by atoms with van der Waals surface area (Å²) in [5, 5.41) is 10.4. The average Bonchev–Trinajstić information content (AvgIpc) is 2.59. The molecular formula is C17H20N2O3. The maximum absolute atomic E-state index is 10.4. The van der Waals surface area contributed by atoms with Gasteiger partial charge in [0.05, 0.1) is 26.4 Å². The molecule has 0 aliphatic carbocycles. The number of hydrogen-bond acceptors (Lipinski definition) is 5. The molecule has 2 aromatic rings. The van der Waals surface area contributed by atoms with Gasteiger partial charge in [0.25, 0.3) is 0 Å². The summed E-state index contributed by atoms with van der Waals surface area (Å²) in [6, 6.07) is 9.28. The van der Waals surface area contributed by atoms with Gasteiger partial charge in [0, 0.05) is 31.0 Å². The molecule has 1 aliphatic heterocycles. The first kappa shape index (κ1) is 14.8. The first-order valence-electron chi connectivity index (χ1n) is 7.38. The van der Waals surface area contributed by atoms with Crippen molar-refractivity contribution in [3.63, 3.8) is 0 Å². The maximum Gasteiger partial charge on any atom is 0.120 e. The van der Waals surface area contributed by atoms with Gasteiger partial charge in [-0.25, -0.2) is 0 Å². The van der Waals surface area contributed by atoms with Crippen LogP contribution in [0, 0.1) is 0 Å². The topological polar surface area (TPSA) is 54.8 Å². The highest BCUT2D eigenvalue weighted by atomic mass is 16.5. The zero-order valence-corrected chi connectivity index (χ0v) is 12.6. The summed E-state index contributed by atoms with van der Waals surface area (Å²) in [7, 11) is 1.63. The van der Waals surface area contributed by atoms with E-state index in [0.29, 0.717) is 13.2 Å². The molecule has 0 spiro atoms. The lowest BCUT2D eigenvalue weighted by Crippen LogP contribution is -2.39. The number of phenolic OH excluding ortho intramolecular Hbond substituents is 1. The minimum absolute atomic E-state index is 0.0398. The highest BCUT2D eigenvalue weighted by Crippen LogP contribution is 2.36. The summed E-state index contributed by atoms with van der Waals surface area (Å²) in [6.45, 7) is 3.05. The fraction of sp³-hybridized carbons (Fsp3) is 0.353. The molecule has 5 heteroatoms. The number of aromatic hydroxyl groups is 1. The number of hydrogen-bond donors (Lipinski definition) is 1. The molecule has 1 atom stereocenters. The van der Waals surface area contributed by atoms with Gasteiger partial charge < -0.3 is 14.6 Å². The van der Waals surface area contributed by atoms with Crippen LogP contribution in [0.5, 0.6) is 11.5 Å². The molecule has 0 saturated carbocycles. The molecule has 1 aromatic heterocycles. The molecule has 22 heavy (non-hydrogen) atoms. The van der Waals surface area contributed by atoms with Crippen molar-refractivity contribution in [2.24, 2.45) is 0 Å². The number of phenols is 1. The molecular weight excluding hydrogens is 280 g/mol. The summed E-state index contributed by atoms with van der Waals surface area (Å²) >= 11 is 0. The third-order valence-corrected chi connectivity index (χ3v) is 3.96. The van der Waals surface area contributed by atoms with E-state index in [1.807, 2.05) is 18.2 Å². The van der Waals surface area contributed by atoms with Gasteiger partial charge >= 0.3 is 0 Å². The summed E-state index contributed by atoms with van der Waals surface area (Å²) in [4.78, 5) is 6.41. The predicted octanol–water partition coefficient (Wildman–Crippen LogP) is 2.22. The van der Waals surface area contributed by atoms with Gasteiger partial charge in [-0.1, -0.05) is 0 Å². The van der Waals surface area contributed by atoms with E-state index in [-0.39, 0.29) is 11.8 Å². The van der Waals surface area contributed by atoms with E-state index in [1.54, 1.807) is 31.6 Å². The van der Waals surface area contributed by atoms with Gasteiger partial charge in [0.1, 0.15) is 11.5 Å². The Bertz CT molecular complexity index is 613. The average molecular weight is 300 g/mol. The Labute approximate surface area is 130 Å². The van der Waals surface area contributed by atoms with Crippen molar-refractivity contribution in [3.05, 3.63) is 53.9 Å². The van der Waals surface area contributed by atoms with Gasteiger partial charge in [-0.15, -0.1) is 0 Å². The molecule has 1 unspecified atom stereocenters. The Morgan fingerprint density at radius 1 is 1.18 bits per heavy atom. The summed E-state index contributed by atoms with van der Waals surface area (Å²) in [5.74, 6) is 1.01. The van der Waals surface area contributed by atoms with E-state index in [1.165, 1.54) is 0 Å². The van der Waals surface area contributed by atoms with Crippen LogP contribution >= 0.6 is 0 Å². The summed E-state index contributed by atoms with van der Waals surface area (Å²) in [5.41, 5.74) is 1.94. The van der Waals surface area contributed by atoms with E-state index in [2.05, 4.69) is 9.88 Å². The molecule has 0 amide bonds. The lowest BCUT2D eigenvalue weighted by molar-refractivity contribution is 0.0235. The minimum atomic E-state index is -0.0398. The number of nitrogens with zero attached hydrogens (tertiary/aromatic N) is 2. The lowest BCUT2D eigenvalue weighted by Gasteiger charge is -2.35. The van der Waals surface area contributed by atoms with E-state index in [4.69, 9.17) is 9.47 Å². The molecule has 1 fully saturated rings. The Kier molecular flexibility index (Phi) is 4.56. The molecule has 1 saturated heterocycles. The molecule has 116 valence electrons. The standard InChI is InChI=1S/C17H20N2O3/c1-21-14-2-3-16(20)15(12-14)17(13-4-6-18-7-5-13)19-8-10-22-11-9-19/h2-7,12,17,20H,8-11H2,1H3. The zero-order valence-electron chi connectivity index (χ0n) is 12.6. The monoisotopic (exact) mass is 300 g/mol. The van der Waals surface area contributed by atoms with Crippen molar-refractivity contribution in [2.75, 3.05) is 33.4 Å². The Morgan fingerprint density at radius 2 is 1.91 bits per heavy atom. The van der Waals surface area contributed by atoms with Gasteiger partial charge in [0.2, 0.25) is 0 Å². The number of pyridine rings is 1. The van der Waals surface area contributed by atoms with E-state index in [9.17, 15) is 5.11 Å². The maximum atomic E-state index is 10.4. The zero-order chi connectivity index (χ0) is 15.4. The third kappa shape index (κ3) is 3.05. The van der Waals surface area contributed by atoms with Gasteiger partial charge in [-0.05, 0) is 35.9 Å². The second kappa shape index (κ2) is 6.77. The van der Waals surface area contributed by atoms with Crippen LogP contribution in [-0.4, -0.2) is 48.4 Å². The Morgan fingerprint density at radius 3 is 2.59 bits per heavy atom. The Hall–Kier alpha value is -2.11. The molecule has 2 heterocycles. The van der Waals surface area contributed by atoms with Crippen LogP contribution in [0.15, 0.2) is 42.7 Å². The molecule has 5 nitrogen and oxygen atoms in total. The van der Waals surface area contributed by atoms with Crippen LogP contribution in [-0.2, 0) is 4.74 Å². The van der Waals surface area contributed by atoms with E-state index in [0.717, 1.165) is 30.0 Å². The third-order valence-electron chi connectivity index (χ3n) is 3.96. The lowest BCUT2D eigenvalue weighted by atomic mass is 9.96. The van der Waals surface area contributed by atoms with Crippen LogP contribution in [0.3, 0.4) is 0 Å². The molecule has 1 N–H and O–H groups in total. The first-order valence-corrected chi connectivity index (χ1v) is 7.38. The molecule has 0 bridgehead atoms. The summed E-state index contributed by atoms with van der Waals surface area (Å²) in [6.07, 6.45) is 3.56. The fourth-order valence-corrected chi connectivity index (χ4v) is 2.85. The quantitative estimate of drug-likeness (QED) is 0.938. The predicted molar refractivity (Wildman–Crippen MR) is 83.1 cm³/mol. The van der Waals surface area contributed by atoms with Crippen LogP contribution < -0.4 is 4.74 Å². The van der Waals surface area contributed by atoms with E-state index >= 15 is 0 Å². The number of aromatic nitrogens is 1. The molecule has 3 rings (SSSR count). The largest absolute Gasteiger partial charge is 0.508 e. The highest BCUT2D eigenvalue weighted by molar-refractivity contribution is 5.45. The SMILES string of the molecule is COc1ccc(O)c(C(c2ccncc2)N2CCOCC2)c1. The van der Waals surface area contributed by atoms with Crippen molar-refractivity contribution >= 4 is 0 Å². The number of benzene rings is 1. The smallest absolute Gasteiger partial charge is 0.120 e. The van der Waals surface area contributed by atoms with Crippen LogP contribution in [0.1, 0.15) is 17.2 Å². The number of morpholine rings is 1. The van der Waals surface area contributed by atoms with Crippen molar-refractivity contribution < 1.29 is 14.6 Å². The number of ether oxygens (including phenoxy) is 2. The number of rotatable bonds is 4. The normalized spacial score (nSPS) is 17.1. The van der Waals surface area contributed by atoms with Gasteiger partial charge in [-0.2, -0.15) is 0 Å². The fourth-order valence-electron chi connectivity index (χ4n) is 2.85. The van der Waals surface area contributed by atoms with Gasteiger partial charge in [-0.3, -0.25) is 9.88 Å². The first-order chi connectivity index (χ1) is 10.8. The summed E-state index contributed by atoms with van der Waals surface area (Å²) < 4.78 is 10.8. The van der Waals surface area contributed by atoms with Crippen LogP contribution in [0.25, 0.3) is 0 Å². The van der Waals surface area contributed by atoms with E-state index < -0.39 is 0 Å². The number of methoxy groups -OCH3 is 1. The van der Waals surface area contributed by atoms with Crippen LogP contribution in [0.4, 0.5) is 0 Å². The highest BCUT2D eigenvalue weighted by Gasteiger charge is 2.26. The van der Waals surface area contributed by atoms with Crippen molar-refractivity contribution in [2.45, 2.75) is 6.04 Å². The second-order valence-corrected chi connectivity index (χ2v) is 5.26. The van der Waals surface area contributed by atoms with Gasteiger partial charge in [0.15, 0.2) is 0 Å². The Balaban J connectivity index is 2.04. The minimum Gasteiger partial charge on any atom is -0.508 e. The van der Waals surface area contributed by atoms with Crippen molar-refractivity contribution in [1.82, 2.24) is 9.88 Å².